The van der Waals surface area contributed by atoms with Crippen LogP contribution in [0, 0.1) is 6.92 Å². The first-order chi connectivity index (χ1) is 11.8. The molecule has 3 aromatic heterocycles. The normalized spacial score (nSPS) is 13.5. The fraction of sp³-hybridized carbons (Fsp3) is 0.0556. The highest BCUT2D eigenvalue weighted by Gasteiger charge is 2.15. The van der Waals surface area contributed by atoms with Gasteiger partial charge in [-0.1, -0.05) is 0 Å². The molecule has 0 atom stereocenters. The monoisotopic (exact) mass is 316 g/mol. The van der Waals surface area contributed by atoms with Gasteiger partial charge in [-0.15, -0.1) is 0 Å². The second kappa shape index (κ2) is 6.00. The number of rotatable bonds is 3. The first kappa shape index (κ1) is 14.2. The second-order valence-electron chi connectivity index (χ2n) is 5.40. The van der Waals surface area contributed by atoms with Gasteiger partial charge in [-0.3, -0.25) is 20.4 Å². The minimum Gasteiger partial charge on any atom is -0.292 e. The predicted molar refractivity (Wildman–Crippen MR) is 93.1 cm³/mol. The van der Waals surface area contributed by atoms with Crippen molar-refractivity contribution < 1.29 is 0 Å². The lowest BCUT2D eigenvalue weighted by Crippen LogP contribution is -2.34. The van der Waals surface area contributed by atoms with Gasteiger partial charge in [0.15, 0.2) is 0 Å². The first-order valence-corrected chi connectivity index (χ1v) is 7.63. The summed E-state index contributed by atoms with van der Waals surface area (Å²) < 4.78 is 1.92. The van der Waals surface area contributed by atoms with Crippen LogP contribution < -0.4 is 10.4 Å². The molecule has 0 amide bonds. The highest BCUT2D eigenvalue weighted by atomic mass is 15.5. The number of aryl methyl sites for hydroxylation is 1. The molecule has 1 aliphatic heterocycles. The maximum Gasteiger partial charge on any atom is 0.0918 e. The van der Waals surface area contributed by atoms with Gasteiger partial charge >= 0.3 is 0 Å². The summed E-state index contributed by atoms with van der Waals surface area (Å²) in [5.41, 5.74) is 8.44. The molecule has 0 saturated carbocycles. The number of allylic oxidation sites excluding steroid dienone is 2. The van der Waals surface area contributed by atoms with Gasteiger partial charge in [0.1, 0.15) is 0 Å². The third-order valence-electron chi connectivity index (χ3n) is 3.82. The van der Waals surface area contributed by atoms with E-state index in [0.29, 0.717) is 0 Å². The number of anilines is 1. The fourth-order valence-corrected chi connectivity index (χ4v) is 2.63. The Bertz CT molecular complexity index is 910. The van der Waals surface area contributed by atoms with Crippen LogP contribution in [-0.2, 0) is 0 Å². The molecule has 0 aliphatic carbocycles. The van der Waals surface area contributed by atoms with E-state index in [1.807, 2.05) is 65.4 Å². The molecule has 0 aromatic carbocycles. The SMILES string of the molecule is Cc1cnccc1-n1nccc1C1=CC=CN(c2ccncc2)N1. The molecular weight excluding hydrogens is 300 g/mol. The third-order valence-corrected chi connectivity index (χ3v) is 3.82. The van der Waals surface area contributed by atoms with Gasteiger partial charge in [0.25, 0.3) is 0 Å². The lowest BCUT2D eigenvalue weighted by molar-refractivity contribution is 0.821. The van der Waals surface area contributed by atoms with Crippen molar-refractivity contribution in [2.75, 3.05) is 5.01 Å². The summed E-state index contributed by atoms with van der Waals surface area (Å²) in [4.78, 5) is 8.21. The Morgan fingerprint density at radius 2 is 1.79 bits per heavy atom. The Morgan fingerprint density at radius 1 is 0.958 bits per heavy atom. The Kier molecular flexibility index (Phi) is 3.55. The molecule has 0 spiro atoms. The average molecular weight is 316 g/mol. The second-order valence-corrected chi connectivity index (χ2v) is 5.40. The number of pyridine rings is 2. The molecule has 0 radical (unpaired) electrons. The number of aromatic nitrogens is 4. The molecule has 24 heavy (non-hydrogen) atoms. The van der Waals surface area contributed by atoms with Gasteiger partial charge in [0.2, 0.25) is 0 Å². The number of hydrazine groups is 1. The van der Waals surface area contributed by atoms with Gasteiger partial charge in [-0.25, -0.2) is 4.68 Å². The van der Waals surface area contributed by atoms with Crippen LogP contribution in [0.1, 0.15) is 11.3 Å². The van der Waals surface area contributed by atoms with Crippen LogP contribution in [0.4, 0.5) is 5.69 Å². The first-order valence-electron chi connectivity index (χ1n) is 7.63. The fourth-order valence-electron chi connectivity index (χ4n) is 2.63. The molecule has 118 valence electrons. The molecule has 4 rings (SSSR count). The van der Waals surface area contributed by atoms with E-state index in [9.17, 15) is 0 Å². The molecular formula is C18H16N6. The molecule has 4 heterocycles. The van der Waals surface area contributed by atoms with Crippen molar-refractivity contribution in [3.05, 3.63) is 84.9 Å². The zero-order chi connectivity index (χ0) is 16.4. The van der Waals surface area contributed by atoms with E-state index in [0.717, 1.165) is 28.3 Å². The van der Waals surface area contributed by atoms with Crippen molar-refractivity contribution in [1.82, 2.24) is 25.2 Å². The van der Waals surface area contributed by atoms with Crippen LogP contribution in [0.15, 0.2) is 73.6 Å². The number of hydrogen-bond donors (Lipinski definition) is 1. The molecule has 0 saturated heterocycles. The highest BCUT2D eigenvalue weighted by molar-refractivity contribution is 5.69. The van der Waals surface area contributed by atoms with Crippen molar-refractivity contribution >= 4 is 11.4 Å². The van der Waals surface area contributed by atoms with Crippen LogP contribution in [0.2, 0.25) is 0 Å². The lowest BCUT2D eigenvalue weighted by atomic mass is 10.2. The van der Waals surface area contributed by atoms with Gasteiger partial charge < -0.3 is 0 Å². The average Bonchev–Trinajstić information content (AvgIpc) is 3.12. The summed E-state index contributed by atoms with van der Waals surface area (Å²) in [6, 6.07) is 7.85. The van der Waals surface area contributed by atoms with Crippen LogP contribution in [0.5, 0.6) is 0 Å². The molecule has 0 fully saturated rings. The number of nitrogens with zero attached hydrogens (tertiary/aromatic N) is 5. The van der Waals surface area contributed by atoms with Crippen molar-refractivity contribution in [2.24, 2.45) is 0 Å². The highest BCUT2D eigenvalue weighted by Crippen LogP contribution is 2.22. The van der Waals surface area contributed by atoms with Crippen molar-refractivity contribution in [3.8, 4) is 5.69 Å². The van der Waals surface area contributed by atoms with Crippen LogP contribution in [0.25, 0.3) is 11.4 Å². The standard InChI is InChI=1S/C18H16N6/c1-14-13-20-10-6-17(14)24-18(7-11-21-24)16-3-2-12-23(22-16)15-4-8-19-9-5-15/h2-13,22H,1H3. The molecule has 3 aromatic rings. The summed E-state index contributed by atoms with van der Waals surface area (Å²) in [7, 11) is 0. The summed E-state index contributed by atoms with van der Waals surface area (Å²) >= 11 is 0. The predicted octanol–water partition coefficient (Wildman–Crippen LogP) is 2.85. The Balaban J connectivity index is 1.69. The molecule has 0 unspecified atom stereocenters. The van der Waals surface area contributed by atoms with Crippen molar-refractivity contribution in [2.45, 2.75) is 6.92 Å². The smallest absolute Gasteiger partial charge is 0.0918 e. The van der Waals surface area contributed by atoms with Crippen LogP contribution >= 0.6 is 0 Å². The molecule has 6 nitrogen and oxygen atoms in total. The summed E-state index contributed by atoms with van der Waals surface area (Å²) in [5, 5.41) is 6.43. The van der Waals surface area contributed by atoms with Gasteiger partial charge in [0.05, 0.1) is 29.0 Å². The molecule has 0 bridgehead atoms. The topological polar surface area (TPSA) is 58.9 Å². The maximum atomic E-state index is 4.48. The van der Waals surface area contributed by atoms with Crippen LogP contribution in [0.3, 0.4) is 0 Å². The maximum absolute atomic E-state index is 4.48. The molecule has 1 N–H and O–H groups in total. The van der Waals surface area contributed by atoms with Gasteiger partial charge in [-0.05, 0) is 48.9 Å². The van der Waals surface area contributed by atoms with Crippen molar-refractivity contribution in [1.29, 1.82) is 0 Å². The Labute approximate surface area is 139 Å². The van der Waals surface area contributed by atoms with E-state index in [-0.39, 0.29) is 0 Å². The minimum atomic E-state index is 0.961. The van der Waals surface area contributed by atoms with E-state index in [1.165, 1.54) is 0 Å². The lowest BCUT2D eigenvalue weighted by Gasteiger charge is -2.27. The Hall–Kier alpha value is -3.41. The summed E-state index contributed by atoms with van der Waals surface area (Å²) in [6.45, 7) is 2.03. The molecule has 1 aliphatic rings. The Morgan fingerprint density at radius 3 is 2.62 bits per heavy atom. The molecule has 6 heteroatoms. The number of hydrogen-bond acceptors (Lipinski definition) is 5. The van der Waals surface area contributed by atoms with E-state index >= 15 is 0 Å². The summed E-state index contributed by atoms with van der Waals surface area (Å²) in [6.07, 6.45) is 15.0. The van der Waals surface area contributed by atoms with Crippen LogP contribution in [-0.4, -0.2) is 19.7 Å². The van der Waals surface area contributed by atoms with E-state index < -0.39 is 0 Å². The van der Waals surface area contributed by atoms with Gasteiger partial charge in [0, 0.05) is 31.0 Å². The third kappa shape index (κ3) is 2.54. The largest absolute Gasteiger partial charge is 0.292 e. The summed E-state index contributed by atoms with van der Waals surface area (Å²) in [5.74, 6) is 0. The van der Waals surface area contributed by atoms with E-state index in [1.54, 1.807) is 24.8 Å². The van der Waals surface area contributed by atoms with E-state index in [2.05, 4.69) is 20.5 Å². The van der Waals surface area contributed by atoms with Gasteiger partial charge in [-0.2, -0.15) is 5.10 Å². The van der Waals surface area contributed by atoms with E-state index in [4.69, 9.17) is 0 Å². The quantitative estimate of drug-likeness (QED) is 0.805. The van der Waals surface area contributed by atoms with Crippen molar-refractivity contribution in [3.63, 3.8) is 0 Å². The zero-order valence-electron chi connectivity index (χ0n) is 13.2. The minimum absolute atomic E-state index is 0.961. The number of nitrogens with one attached hydrogen (secondary N) is 1. The zero-order valence-corrected chi connectivity index (χ0v) is 13.2.